The van der Waals surface area contributed by atoms with Crippen molar-refractivity contribution in [1.82, 2.24) is 4.90 Å². The Bertz CT molecular complexity index is 275. The lowest BCUT2D eigenvalue weighted by Crippen LogP contribution is -2.35. The number of nitrogens with zero attached hydrogens (tertiary/aromatic N) is 1. The largest absolute Gasteiger partial charge is 0.394 e. The van der Waals surface area contributed by atoms with E-state index >= 15 is 0 Å². The quantitative estimate of drug-likeness (QED) is 0.541. The number of likely N-dealkylation sites (tertiary alicyclic amines) is 1. The van der Waals surface area contributed by atoms with Gasteiger partial charge in [-0.1, -0.05) is 6.92 Å². The molecular weight excluding hydrogens is 274 g/mol. The third-order valence-corrected chi connectivity index (χ3v) is 3.61. The van der Waals surface area contributed by atoms with E-state index in [0.717, 1.165) is 25.8 Å². The van der Waals surface area contributed by atoms with Gasteiger partial charge in [0.1, 0.15) is 0 Å². The number of carbonyl (C=O) groups is 1. The minimum absolute atomic E-state index is 0.0348. The molecule has 1 atom stereocenters. The predicted molar refractivity (Wildman–Crippen MR) is 79.2 cm³/mol. The SMILES string of the molecule is CCC1CCCN1C(=O)CCOCCOCCOCCO. The first-order valence-corrected chi connectivity index (χ1v) is 7.93. The summed E-state index contributed by atoms with van der Waals surface area (Å²) in [6, 6.07) is 0.430. The van der Waals surface area contributed by atoms with Crippen LogP contribution in [0.1, 0.15) is 32.6 Å². The molecule has 6 nitrogen and oxygen atoms in total. The molecule has 6 heteroatoms. The van der Waals surface area contributed by atoms with Gasteiger partial charge in [-0.25, -0.2) is 0 Å². The zero-order valence-electron chi connectivity index (χ0n) is 13.1. The number of carbonyl (C=O) groups excluding carboxylic acids is 1. The van der Waals surface area contributed by atoms with Crippen molar-refractivity contribution in [1.29, 1.82) is 0 Å². The highest BCUT2D eigenvalue weighted by Gasteiger charge is 2.26. The van der Waals surface area contributed by atoms with Crippen LogP contribution in [0.25, 0.3) is 0 Å². The van der Waals surface area contributed by atoms with Gasteiger partial charge in [-0.05, 0) is 19.3 Å². The molecule has 1 heterocycles. The summed E-state index contributed by atoms with van der Waals surface area (Å²) in [4.78, 5) is 14.0. The van der Waals surface area contributed by atoms with E-state index in [2.05, 4.69) is 6.92 Å². The molecule has 124 valence electrons. The summed E-state index contributed by atoms with van der Waals surface area (Å²) in [6.07, 6.45) is 3.75. The molecule has 1 fully saturated rings. The smallest absolute Gasteiger partial charge is 0.225 e. The van der Waals surface area contributed by atoms with Crippen LogP contribution in [0.5, 0.6) is 0 Å². The molecule has 1 saturated heterocycles. The van der Waals surface area contributed by atoms with Gasteiger partial charge in [0.2, 0.25) is 5.91 Å². The Morgan fingerprint density at radius 2 is 1.71 bits per heavy atom. The lowest BCUT2D eigenvalue weighted by molar-refractivity contribution is -0.133. The Morgan fingerprint density at radius 1 is 1.10 bits per heavy atom. The van der Waals surface area contributed by atoms with Gasteiger partial charge in [0, 0.05) is 12.6 Å². The van der Waals surface area contributed by atoms with Crippen LogP contribution in [0.3, 0.4) is 0 Å². The number of aliphatic hydroxyl groups excluding tert-OH is 1. The molecule has 0 aromatic carbocycles. The van der Waals surface area contributed by atoms with Crippen LogP contribution in [-0.4, -0.2) is 74.7 Å². The molecule has 1 aliphatic heterocycles. The van der Waals surface area contributed by atoms with Crippen molar-refractivity contribution in [3.05, 3.63) is 0 Å². The van der Waals surface area contributed by atoms with E-state index in [4.69, 9.17) is 19.3 Å². The number of hydrogen-bond acceptors (Lipinski definition) is 5. The normalized spacial score (nSPS) is 18.4. The highest BCUT2D eigenvalue weighted by atomic mass is 16.5. The average molecular weight is 303 g/mol. The number of rotatable bonds is 12. The molecule has 0 bridgehead atoms. The second kappa shape index (κ2) is 11.9. The zero-order chi connectivity index (χ0) is 15.3. The summed E-state index contributed by atoms with van der Waals surface area (Å²) in [5.74, 6) is 0.206. The summed E-state index contributed by atoms with van der Waals surface area (Å²) in [7, 11) is 0. The minimum atomic E-state index is 0.0348. The standard InChI is InChI=1S/C15H29NO5/c1-2-14-4-3-6-16(14)15(18)5-8-19-10-12-21-13-11-20-9-7-17/h14,17H,2-13H2,1H3. The summed E-state index contributed by atoms with van der Waals surface area (Å²) in [5, 5.41) is 8.50. The van der Waals surface area contributed by atoms with Crippen LogP contribution < -0.4 is 0 Å². The topological polar surface area (TPSA) is 68.2 Å². The molecule has 0 aliphatic carbocycles. The van der Waals surface area contributed by atoms with Crippen molar-refractivity contribution in [3.63, 3.8) is 0 Å². The van der Waals surface area contributed by atoms with Gasteiger partial charge in [0.25, 0.3) is 0 Å². The highest BCUT2D eigenvalue weighted by molar-refractivity contribution is 5.76. The van der Waals surface area contributed by atoms with Gasteiger partial charge in [-0.2, -0.15) is 0 Å². The second-order valence-corrected chi connectivity index (χ2v) is 5.10. The third-order valence-electron chi connectivity index (χ3n) is 3.61. The maximum absolute atomic E-state index is 12.0. The van der Waals surface area contributed by atoms with Gasteiger partial charge >= 0.3 is 0 Å². The van der Waals surface area contributed by atoms with E-state index in [0.29, 0.717) is 52.1 Å². The van der Waals surface area contributed by atoms with E-state index in [-0.39, 0.29) is 12.5 Å². The molecular formula is C15H29NO5. The number of ether oxygens (including phenoxy) is 3. The van der Waals surface area contributed by atoms with Crippen molar-refractivity contribution < 1.29 is 24.1 Å². The fourth-order valence-electron chi connectivity index (χ4n) is 2.50. The van der Waals surface area contributed by atoms with Gasteiger partial charge in [-0.15, -0.1) is 0 Å². The Balaban J connectivity index is 1.91. The van der Waals surface area contributed by atoms with E-state index in [9.17, 15) is 4.79 Å². The lowest BCUT2D eigenvalue weighted by atomic mass is 10.1. The fourth-order valence-corrected chi connectivity index (χ4v) is 2.50. The van der Waals surface area contributed by atoms with Crippen molar-refractivity contribution >= 4 is 5.91 Å². The van der Waals surface area contributed by atoms with E-state index in [1.54, 1.807) is 0 Å². The first-order chi connectivity index (χ1) is 10.3. The molecule has 1 N–H and O–H groups in total. The van der Waals surface area contributed by atoms with E-state index in [1.165, 1.54) is 0 Å². The molecule has 1 amide bonds. The molecule has 1 rings (SSSR count). The molecule has 1 aliphatic rings. The summed E-state index contributed by atoms with van der Waals surface area (Å²) in [5.41, 5.74) is 0. The van der Waals surface area contributed by atoms with Crippen LogP contribution in [0.15, 0.2) is 0 Å². The maximum Gasteiger partial charge on any atom is 0.225 e. The van der Waals surface area contributed by atoms with Crippen molar-refractivity contribution in [2.24, 2.45) is 0 Å². The van der Waals surface area contributed by atoms with Crippen molar-refractivity contribution in [3.8, 4) is 0 Å². The molecule has 0 aromatic rings. The Hall–Kier alpha value is -0.690. The van der Waals surface area contributed by atoms with Gasteiger partial charge in [-0.3, -0.25) is 4.79 Å². The molecule has 0 saturated carbocycles. The van der Waals surface area contributed by atoms with Gasteiger partial charge in [0.05, 0.1) is 52.7 Å². The summed E-state index contributed by atoms with van der Waals surface area (Å²) >= 11 is 0. The molecule has 21 heavy (non-hydrogen) atoms. The number of hydrogen-bond donors (Lipinski definition) is 1. The number of aliphatic hydroxyl groups is 1. The van der Waals surface area contributed by atoms with Crippen LogP contribution in [0, 0.1) is 0 Å². The molecule has 1 unspecified atom stereocenters. The minimum Gasteiger partial charge on any atom is -0.394 e. The van der Waals surface area contributed by atoms with E-state index in [1.807, 2.05) is 4.90 Å². The average Bonchev–Trinajstić information content (AvgIpc) is 2.97. The Kier molecular flexibility index (Phi) is 10.4. The summed E-state index contributed by atoms with van der Waals surface area (Å²) in [6.45, 7) is 5.83. The second-order valence-electron chi connectivity index (χ2n) is 5.10. The third kappa shape index (κ3) is 7.76. The van der Waals surface area contributed by atoms with Crippen LogP contribution in [0.4, 0.5) is 0 Å². The van der Waals surface area contributed by atoms with Crippen molar-refractivity contribution in [2.75, 3.05) is 52.8 Å². The monoisotopic (exact) mass is 303 g/mol. The van der Waals surface area contributed by atoms with Crippen LogP contribution >= 0.6 is 0 Å². The molecule has 0 aromatic heterocycles. The Labute approximate surface area is 127 Å². The zero-order valence-corrected chi connectivity index (χ0v) is 13.1. The van der Waals surface area contributed by atoms with Gasteiger partial charge < -0.3 is 24.2 Å². The number of amides is 1. The first kappa shape index (κ1) is 18.4. The highest BCUT2D eigenvalue weighted by Crippen LogP contribution is 2.20. The van der Waals surface area contributed by atoms with Crippen LogP contribution in [0.2, 0.25) is 0 Å². The lowest BCUT2D eigenvalue weighted by Gasteiger charge is -2.23. The van der Waals surface area contributed by atoms with E-state index < -0.39 is 0 Å². The maximum atomic E-state index is 12.0. The predicted octanol–water partition coefficient (Wildman–Crippen LogP) is 0.820. The Morgan fingerprint density at radius 3 is 2.33 bits per heavy atom. The van der Waals surface area contributed by atoms with Crippen molar-refractivity contribution in [2.45, 2.75) is 38.6 Å². The molecule has 0 radical (unpaired) electrons. The first-order valence-electron chi connectivity index (χ1n) is 7.93. The van der Waals surface area contributed by atoms with Gasteiger partial charge in [0.15, 0.2) is 0 Å². The molecule has 0 spiro atoms. The van der Waals surface area contributed by atoms with Crippen LogP contribution in [-0.2, 0) is 19.0 Å². The fraction of sp³-hybridized carbons (Fsp3) is 0.933. The summed E-state index contributed by atoms with van der Waals surface area (Å²) < 4.78 is 15.8.